The molecule has 5 N–H and O–H groups in total. The van der Waals surface area contributed by atoms with Gasteiger partial charge >= 0.3 is 0 Å². The molecule has 238 valence electrons. The molecule has 4 heterocycles. The van der Waals surface area contributed by atoms with Gasteiger partial charge in [0, 0.05) is 23.2 Å². The van der Waals surface area contributed by atoms with Crippen LogP contribution >= 0.6 is 0 Å². The molecule has 1 spiro atoms. The smallest absolute Gasteiger partial charge is 0.273 e. The number of oxazole rings is 1. The Morgan fingerprint density at radius 1 is 1.07 bits per heavy atom. The summed E-state index contributed by atoms with van der Waals surface area (Å²) >= 11 is 0. The molecule has 4 bridgehead atoms. The van der Waals surface area contributed by atoms with Gasteiger partial charge in [-0.3, -0.25) is 14.4 Å². The van der Waals surface area contributed by atoms with Crippen LogP contribution in [0.1, 0.15) is 93.3 Å². The molecule has 0 fully saturated rings. The molecule has 45 heavy (non-hydrogen) atoms. The highest BCUT2D eigenvalue weighted by Crippen LogP contribution is 2.58. The maximum absolute atomic E-state index is 14.0. The van der Waals surface area contributed by atoms with Crippen LogP contribution < -0.4 is 26.0 Å². The maximum atomic E-state index is 14.0. The first-order valence-electron chi connectivity index (χ1n) is 15.5. The number of hydrogen-bond donors (Lipinski definition) is 5. The predicted molar refractivity (Wildman–Crippen MR) is 167 cm³/mol. The van der Waals surface area contributed by atoms with Gasteiger partial charge in [-0.15, -0.1) is 0 Å². The van der Waals surface area contributed by atoms with Crippen LogP contribution in [0.25, 0.3) is 0 Å². The van der Waals surface area contributed by atoms with E-state index in [4.69, 9.17) is 14.1 Å². The quantitative estimate of drug-likeness (QED) is 0.292. The van der Waals surface area contributed by atoms with E-state index in [0.717, 1.165) is 22.4 Å². The van der Waals surface area contributed by atoms with Crippen LogP contribution in [0.4, 0.5) is 5.69 Å². The lowest BCUT2D eigenvalue weighted by molar-refractivity contribution is -0.135. The highest BCUT2D eigenvalue weighted by Gasteiger charge is 2.61. The molecule has 0 aliphatic carbocycles. The van der Waals surface area contributed by atoms with Gasteiger partial charge in [0.1, 0.15) is 29.4 Å². The molecule has 3 aromatic rings. The number of rotatable bonds is 5. The van der Waals surface area contributed by atoms with Crippen molar-refractivity contribution in [1.82, 2.24) is 20.9 Å². The minimum absolute atomic E-state index is 0.106. The number of aliphatic hydroxyl groups is 1. The summed E-state index contributed by atoms with van der Waals surface area (Å²) in [6, 6.07) is 11.7. The standard InChI is InChI=1S/C34H41N5O6/c1-16(2)24-31-38-25(29(42)39-33(5,6)7)27(45-31)34-19-10-8-9-11-21(19)36-32(34)44-23-13-12-18(14-20(23)34)15-22(28(41)37-24)35-30(43)26(40)17(3)4/h8-14,16-17,22,24,26,32,36,40H,15H2,1-7H3,(H,35,43)(H,37,41)(H,39,42)/t22?,24-,26-,32?,34?/m0/s1. The number of carbonyl (C=O) groups is 3. The molecule has 2 aromatic carbocycles. The van der Waals surface area contributed by atoms with Crippen molar-refractivity contribution in [3.05, 3.63) is 76.5 Å². The third-order valence-corrected chi connectivity index (χ3v) is 8.65. The van der Waals surface area contributed by atoms with Crippen LogP contribution in [-0.4, -0.2) is 51.7 Å². The minimum Gasteiger partial charge on any atom is -0.469 e. The lowest BCUT2D eigenvalue weighted by Crippen LogP contribution is -2.52. The number of fused-ring (bicyclic) bond motifs is 4. The van der Waals surface area contributed by atoms with Gasteiger partial charge in [0.25, 0.3) is 5.91 Å². The van der Waals surface area contributed by atoms with E-state index in [1.54, 1.807) is 13.8 Å². The van der Waals surface area contributed by atoms with E-state index < -0.39 is 53.1 Å². The van der Waals surface area contributed by atoms with Crippen LogP contribution in [0.15, 0.2) is 46.9 Å². The van der Waals surface area contributed by atoms with Crippen molar-refractivity contribution < 1.29 is 28.6 Å². The number of aromatic nitrogens is 1. The molecule has 3 aliphatic heterocycles. The molecule has 0 radical (unpaired) electrons. The Morgan fingerprint density at radius 3 is 2.49 bits per heavy atom. The summed E-state index contributed by atoms with van der Waals surface area (Å²) in [5.41, 5.74) is 1.67. The number of amides is 3. The zero-order valence-electron chi connectivity index (χ0n) is 26.6. The normalized spacial score (nSPS) is 24.0. The highest BCUT2D eigenvalue weighted by atomic mass is 16.5. The number of aliphatic hydroxyl groups excluding tert-OH is 1. The Hall–Kier alpha value is -4.38. The summed E-state index contributed by atoms with van der Waals surface area (Å²) in [4.78, 5) is 45.7. The fraction of sp³-hybridized carbons (Fsp3) is 0.471. The summed E-state index contributed by atoms with van der Waals surface area (Å²) in [5, 5.41) is 22.8. The number of nitrogens with one attached hydrogen (secondary N) is 4. The van der Waals surface area contributed by atoms with Crippen molar-refractivity contribution in [2.24, 2.45) is 11.8 Å². The second-order valence-electron chi connectivity index (χ2n) is 13.9. The molecule has 11 heteroatoms. The average molecular weight is 616 g/mol. The van der Waals surface area contributed by atoms with Crippen molar-refractivity contribution in [1.29, 1.82) is 0 Å². The van der Waals surface area contributed by atoms with Crippen LogP contribution in [0, 0.1) is 11.8 Å². The predicted octanol–water partition coefficient (Wildman–Crippen LogP) is 3.55. The Bertz CT molecular complexity index is 1670. The van der Waals surface area contributed by atoms with Gasteiger partial charge < -0.3 is 35.5 Å². The van der Waals surface area contributed by atoms with Gasteiger partial charge in [0.05, 0.1) is 0 Å². The first-order chi connectivity index (χ1) is 21.2. The maximum Gasteiger partial charge on any atom is 0.273 e. The van der Waals surface area contributed by atoms with Crippen molar-refractivity contribution in [2.75, 3.05) is 5.32 Å². The monoisotopic (exact) mass is 615 g/mol. The van der Waals surface area contributed by atoms with E-state index in [1.165, 1.54) is 0 Å². The lowest BCUT2D eigenvalue weighted by atomic mass is 9.72. The van der Waals surface area contributed by atoms with Gasteiger partial charge in [-0.05, 0) is 55.9 Å². The molecule has 6 rings (SSSR count). The number of carbonyl (C=O) groups excluding carboxylic acids is 3. The minimum atomic E-state index is -1.28. The van der Waals surface area contributed by atoms with Crippen molar-refractivity contribution in [2.45, 2.75) is 90.3 Å². The number of hydrogen-bond acceptors (Lipinski definition) is 8. The van der Waals surface area contributed by atoms with E-state index in [-0.39, 0.29) is 29.8 Å². The molecule has 0 saturated heterocycles. The molecule has 5 atom stereocenters. The Labute approximate surface area is 262 Å². The van der Waals surface area contributed by atoms with E-state index in [9.17, 15) is 19.5 Å². The zero-order valence-corrected chi connectivity index (χ0v) is 26.6. The van der Waals surface area contributed by atoms with Crippen LogP contribution in [0.5, 0.6) is 5.75 Å². The van der Waals surface area contributed by atoms with Gasteiger partial charge in [-0.1, -0.05) is 58.0 Å². The molecule has 11 nitrogen and oxygen atoms in total. The van der Waals surface area contributed by atoms with Crippen LogP contribution in [0.3, 0.4) is 0 Å². The fourth-order valence-electron chi connectivity index (χ4n) is 6.42. The molecular formula is C34H41N5O6. The molecule has 1 aromatic heterocycles. The van der Waals surface area contributed by atoms with E-state index >= 15 is 0 Å². The van der Waals surface area contributed by atoms with E-state index in [2.05, 4.69) is 21.3 Å². The lowest BCUT2D eigenvalue weighted by Gasteiger charge is -2.29. The van der Waals surface area contributed by atoms with E-state index in [0.29, 0.717) is 11.5 Å². The fourth-order valence-corrected chi connectivity index (χ4v) is 6.42. The van der Waals surface area contributed by atoms with Crippen LogP contribution in [-0.2, 0) is 21.4 Å². The van der Waals surface area contributed by atoms with Crippen molar-refractivity contribution >= 4 is 23.4 Å². The first kappa shape index (κ1) is 30.6. The third kappa shape index (κ3) is 5.12. The number of anilines is 1. The molecule has 3 aliphatic rings. The Balaban J connectivity index is 1.60. The molecule has 3 unspecified atom stereocenters. The summed E-state index contributed by atoms with van der Waals surface area (Å²) < 4.78 is 13.2. The Kier molecular flexibility index (Phi) is 7.42. The molecule has 0 saturated carbocycles. The number of para-hydroxylation sites is 1. The summed E-state index contributed by atoms with van der Waals surface area (Å²) in [7, 11) is 0. The van der Waals surface area contributed by atoms with Crippen LogP contribution in [0.2, 0.25) is 0 Å². The second kappa shape index (κ2) is 10.9. The summed E-state index contributed by atoms with van der Waals surface area (Å²) in [5.74, 6) is -0.950. The summed E-state index contributed by atoms with van der Waals surface area (Å²) in [6.07, 6.45) is -1.77. The Morgan fingerprint density at radius 2 is 1.80 bits per heavy atom. The number of nitrogens with zero attached hydrogens (tertiary/aromatic N) is 1. The SMILES string of the molecule is CC(C)[C@H](O)C(=O)NC1Cc2ccc3c(c2)C2(c4ccccc4NC2O3)c2oc(nc2C(=O)NC(C)(C)C)[C@H](C(C)C)NC1=O. The van der Waals surface area contributed by atoms with Crippen molar-refractivity contribution in [3.8, 4) is 5.75 Å². The topological polar surface area (TPSA) is 155 Å². The van der Waals surface area contributed by atoms with E-state index in [1.807, 2.05) is 77.1 Å². The third-order valence-electron chi connectivity index (χ3n) is 8.65. The molecular weight excluding hydrogens is 574 g/mol. The summed E-state index contributed by atoms with van der Waals surface area (Å²) in [6.45, 7) is 13.0. The van der Waals surface area contributed by atoms with Crippen molar-refractivity contribution in [3.63, 3.8) is 0 Å². The number of ether oxygens (including phenoxy) is 1. The van der Waals surface area contributed by atoms with Gasteiger partial charge in [-0.25, -0.2) is 4.98 Å². The number of benzene rings is 2. The van der Waals surface area contributed by atoms with Gasteiger partial charge in [-0.2, -0.15) is 0 Å². The average Bonchev–Trinajstić information content (AvgIpc) is 3.62. The molecule has 3 amide bonds. The highest BCUT2D eigenvalue weighted by molar-refractivity contribution is 5.95. The largest absolute Gasteiger partial charge is 0.469 e. The second-order valence-corrected chi connectivity index (χ2v) is 13.9. The zero-order chi connectivity index (χ0) is 32.4. The van der Waals surface area contributed by atoms with Gasteiger partial charge in [0.15, 0.2) is 17.7 Å². The first-order valence-corrected chi connectivity index (χ1v) is 15.5. The van der Waals surface area contributed by atoms with Gasteiger partial charge in [0.2, 0.25) is 17.7 Å².